The normalized spacial score (nSPS) is 12.6. The molecule has 0 spiro atoms. The van der Waals surface area contributed by atoms with Crippen molar-refractivity contribution < 1.29 is 4.39 Å². The zero-order valence-electron chi connectivity index (χ0n) is 12.7. The summed E-state index contributed by atoms with van der Waals surface area (Å²) in [5.74, 6) is -0.378. The Morgan fingerprint density at radius 2 is 2.14 bits per heavy atom. The molecule has 3 nitrogen and oxygen atoms in total. The molecule has 1 atom stereocenters. The number of benzene rings is 1. The highest BCUT2D eigenvalue weighted by atomic mass is 35.5. The van der Waals surface area contributed by atoms with E-state index < -0.39 is 0 Å². The molecule has 0 aliphatic rings. The zero-order valence-corrected chi connectivity index (χ0v) is 13.4. The number of aryl methyl sites for hydroxylation is 2. The molecule has 0 aliphatic carbocycles. The van der Waals surface area contributed by atoms with E-state index in [2.05, 4.69) is 23.4 Å². The van der Waals surface area contributed by atoms with Crippen LogP contribution in [-0.2, 0) is 19.9 Å². The molecule has 0 aliphatic heterocycles. The first-order chi connectivity index (χ1) is 10.1. The van der Waals surface area contributed by atoms with E-state index >= 15 is 0 Å². The Morgan fingerprint density at radius 3 is 2.76 bits per heavy atom. The van der Waals surface area contributed by atoms with Crippen molar-refractivity contribution in [3.8, 4) is 0 Å². The number of hydrogen-bond donors (Lipinski definition) is 1. The van der Waals surface area contributed by atoms with Crippen LogP contribution < -0.4 is 5.32 Å². The van der Waals surface area contributed by atoms with Gasteiger partial charge in [-0.05, 0) is 30.7 Å². The molecule has 0 saturated carbocycles. The van der Waals surface area contributed by atoms with Crippen molar-refractivity contribution in [1.82, 2.24) is 15.1 Å². The van der Waals surface area contributed by atoms with Gasteiger partial charge >= 0.3 is 0 Å². The van der Waals surface area contributed by atoms with Crippen LogP contribution in [0, 0.1) is 5.82 Å². The molecule has 114 valence electrons. The van der Waals surface area contributed by atoms with Crippen LogP contribution >= 0.6 is 11.6 Å². The second-order valence-electron chi connectivity index (χ2n) is 5.06. The smallest absolute Gasteiger partial charge is 0.142 e. The van der Waals surface area contributed by atoms with Crippen LogP contribution in [0.15, 0.2) is 24.3 Å². The molecule has 21 heavy (non-hydrogen) atoms. The van der Waals surface area contributed by atoms with E-state index in [1.165, 1.54) is 6.07 Å². The number of hydrogen-bond acceptors (Lipinski definition) is 2. The predicted molar refractivity (Wildman–Crippen MR) is 84.1 cm³/mol. The van der Waals surface area contributed by atoms with Gasteiger partial charge in [-0.3, -0.25) is 4.68 Å². The molecule has 1 aromatic carbocycles. The Balaban J connectivity index is 2.30. The number of halogens is 2. The second-order valence-corrected chi connectivity index (χ2v) is 5.44. The summed E-state index contributed by atoms with van der Waals surface area (Å²) in [4.78, 5) is 0. The van der Waals surface area contributed by atoms with Gasteiger partial charge in [0, 0.05) is 25.2 Å². The summed E-state index contributed by atoms with van der Waals surface area (Å²) in [5, 5.41) is 8.03. The van der Waals surface area contributed by atoms with Crippen LogP contribution in [0.25, 0.3) is 0 Å². The predicted octanol–water partition coefficient (Wildman–Crippen LogP) is 3.67. The zero-order chi connectivity index (χ0) is 15.4. The second kappa shape index (κ2) is 7.05. The fourth-order valence-electron chi connectivity index (χ4n) is 2.47. The summed E-state index contributed by atoms with van der Waals surface area (Å²) in [6.45, 7) is 4.90. The quantitative estimate of drug-likeness (QED) is 0.882. The average Bonchev–Trinajstić information content (AvgIpc) is 2.82. The molecule has 0 bridgehead atoms. The first-order valence-corrected chi connectivity index (χ1v) is 7.63. The van der Waals surface area contributed by atoms with Gasteiger partial charge in [-0.2, -0.15) is 5.10 Å². The summed E-state index contributed by atoms with van der Waals surface area (Å²) in [5.41, 5.74) is 2.96. The van der Waals surface area contributed by atoms with Crippen molar-refractivity contribution in [3.05, 3.63) is 52.1 Å². The third kappa shape index (κ3) is 3.63. The monoisotopic (exact) mass is 309 g/mol. The van der Waals surface area contributed by atoms with Crippen molar-refractivity contribution in [2.45, 2.75) is 32.7 Å². The van der Waals surface area contributed by atoms with Gasteiger partial charge in [0.1, 0.15) is 5.82 Å². The first kappa shape index (κ1) is 16.0. The Bertz CT molecular complexity index is 610. The molecule has 0 saturated heterocycles. The molecular formula is C16H21ClFN3. The first-order valence-electron chi connectivity index (χ1n) is 7.25. The minimum absolute atomic E-state index is 0.0293. The van der Waals surface area contributed by atoms with Crippen molar-refractivity contribution in [2.75, 3.05) is 6.54 Å². The SMILES string of the molecule is CCNC(Cc1cc(CC)nn1C)c1cccc(F)c1Cl. The molecular weight excluding hydrogens is 289 g/mol. The van der Waals surface area contributed by atoms with Gasteiger partial charge in [0.05, 0.1) is 10.7 Å². The number of rotatable bonds is 6. The summed E-state index contributed by atoms with van der Waals surface area (Å²) in [6, 6.07) is 7.02. The fraction of sp³-hybridized carbons (Fsp3) is 0.438. The Labute approximate surface area is 130 Å². The van der Waals surface area contributed by atoms with Gasteiger partial charge in [-0.1, -0.05) is 37.6 Å². The number of nitrogens with one attached hydrogen (secondary N) is 1. The summed E-state index contributed by atoms with van der Waals surface area (Å²) in [7, 11) is 1.94. The van der Waals surface area contributed by atoms with E-state index in [4.69, 9.17) is 11.6 Å². The van der Waals surface area contributed by atoms with E-state index in [-0.39, 0.29) is 16.9 Å². The van der Waals surface area contributed by atoms with Crippen LogP contribution in [0.4, 0.5) is 4.39 Å². The number of aromatic nitrogens is 2. The van der Waals surface area contributed by atoms with Crippen LogP contribution in [0.5, 0.6) is 0 Å². The molecule has 1 heterocycles. The highest BCUT2D eigenvalue weighted by Crippen LogP contribution is 2.28. The molecule has 2 rings (SSSR count). The van der Waals surface area contributed by atoms with Crippen molar-refractivity contribution in [3.63, 3.8) is 0 Å². The van der Waals surface area contributed by atoms with Gasteiger partial charge in [-0.25, -0.2) is 4.39 Å². The van der Waals surface area contributed by atoms with Gasteiger partial charge in [0.15, 0.2) is 0 Å². The highest BCUT2D eigenvalue weighted by molar-refractivity contribution is 6.31. The van der Waals surface area contributed by atoms with Crippen LogP contribution in [0.1, 0.15) is 36.8 Å². The van der Waals surface area contributed by atoms with Crippen LogP contribution in [0.3, 0.4) is 0 Å². The maximum atomic E-state index is 13.7. The third-order valence-corrected chi connectivity index (χ3v) is 4.01. The molecule has 0 radical (unpaired) electrons. The third-order valence-electron chi connectivity index (χ3n) is 3.61. The van der Waals surface area contributed by atoms with E-state index in [0.29, 0.717) is 0 Å². The lowest BCUT2D eigenvalue weighted by Crippen LogP contribution is -2.24. The summed E-state index contributed by atoms with van der Waals surface area (Å²) >= 11 is 6.12. The summed E-state index contributed by atoms with van der Waals surface area (Å²) < 4.78 is 15.6. The van der Waals surface area contributed by atoms with E-state index in [0.717, 1.165) is 36.3 Å². The maximum Gasteiger partial charge on any atom is 0.142 e. The van der Waals surface area contributed by atoms with Gasteiger partial charge in [0.2, 0.25) is 0 Å². The van der Waals surface area contributed by atoms with Gasteiger partial charge < -0.3 is 5.32 Å². The average molecular weight is 310 g/mol. The Kier molecular flexibility index (Phi) is 5.37. The fourth-order valence-corrected chi connectivity index (χ4v) is 2.73. The summed E-state index contributed by atoms with van der Waals surface area (Å²) in [6.07, 6.45) is 1.63. The van der Waals surface area contributed by atoms with Crippen molar-refractivity contribution >= 4 is 11.6 Å². The molecule has 0 fully saturated rings. The standard InChI is InChI=1S/C16H21ClFN3/c1-4-11-9-12(21(3)20-11)10-15(19-5-2)13-7-6-8-14(18)16(13)17/h6-9,15,19H,4-5,10H2,1-3H3. The minimum atomic E-state index is -0.378. The molecule has 1 N–H and O–H groups in total. The molecule has 1 aromatic heterocycles. The van der Waals surface area contributed by atoms with E-state index in [1.807, 2.05) is 24.7 Å². The van der Waals surface area contributed by atoms with Crippen LogP contribution in [0.2, 0.25) is 5.02 Å². The Hall–Kier alpha value is -1.39. The van der Waals surface area contributed by atoms with Gasteiger partial charge in [0.25, 0.3) is 0 Å². The molecule has 0 amide bonds. The van der Waals surface area contributed by atoms with Crippen molar-refractivity contribution in [2.24, 2.45) is 7.05 Å². The topological polar surface area (TPSA) is 29.9 Å². The van der Waals surface area contributed by atoms with E-state index in [1.54, 1.807) is 6.07 Å². The highest BCUT2D eigenvalue weighted by Gasteiger charge is 2.18. The number of likely N-dealkylation sites (N-methyl/N-ethyl adjacent to an activating group) is 1. The lowest BCUT2D eigenvalue weighted by atomic mass is 10.0. The Morgan fingerprint density at radius 1 is 1.38 bits per heavy atom. The van der Waals surface area contributed by atoms with Crippen LogP contribution in [-0.4, -0.2) is 16.3 Å². The largest absolute Gasteiger partial charge is 0.310 e. The molecule has 1 unspecified atom stereocenters. The molecule has 2 aromatic rings. The maximum absolute atomic E-state index is 13.7. The van der Waals surface area contributed by atoms with Gasteiger partial charge in [-0.15, -0.1) is 0 Å². The van der Waals surface area contributed by atoms with Crippen molar-refractivity contribution in [1.29, 1.82) is 0 Å². The lowest BCUT2D eigenvalue weighted by Gasteiger charge is -2.20. The number of nitrogens with zero attached hydrogens (tertiary/aromatic N) is 2. The lowest BCUT2D eigenvalue weighted by molar-refractivity contribution is 0.524. The molecule has 5 heteroatoms. The van der Waals surface area contributed by atoms with E-state index in [9.17, 15) is 4.39 Å². The minimum Gasteiger partial charge on any atom is -0.310 e.